The number of carbonyl (C=O) groups excluding carboxylic acids is 6. The highest BCUT2D eigenvalue weighted by molar-refractivity contribution is 8.14. The van der Waals surface area contributed by atoms with Gasteiger partial charge >= 0.3 is 17.9 Å². The molecule has 0 bridgehead atoms. The highest BCUT2D eigenvalue weighted by Crippen LogP contribution is 2.26. The Kier molecular flexibility index (Phi) is 53.1. The van der Waals surface area contributed by atoms with Gasteiger partial charge in [0, 0.05) is 19.3 Å². The fourth-order valence-electron chi connectivity index (χ4n) is 8.75. The molecule has 0 aliphatic rings. The van der Waals surface area contributed by atoms with Gasteiger partial charge in [0.2, 0.25) is 0 Å². The van der Waals surface area contributed by atoms with Crippen molar-refractivity contribution in [2.75, 3.05) is 37.1 Å². The number of esters is 3. The van der Waals surface area contributed by atoms with E-state index in [9.17, 15) is 28.8 Å². The maximum absolute atomic E-state index is 12.9. The van der Waals surface area contributed by atoms with Crippen molar-refractivity contribution in [2.24, 2.45) is 5.41 Å². The highest BCUT2D eigenvalue weighted by Gasteiger charge is 2.34. The minimum Gasteiger partial charge on any atom is -0.464 e. The van der Waals surface area contributed by atoms with Gasteiger partial charge in [0.05, 0.1) is 22.7 Å². The third-order valence-corrected chi connectivity index (χ3v) is 16.6. The molecule has 0 aliphatic heterocycles. The minimum atomic E-state index is -1.04. The molecule has 0 aromatic rings. The predicted molar refractivity (Wildman–Crippen MR) is 309 cm³/mol. The summed E-state index contributed by atoms with van der Waals surface area (Å²) in [7, 11) is 0. The highest BCUT2D eigenvalue weighted by atomic mass is 32.2. The SMILES string of the molecule is CCCCCCCCCCCCCCCC(=O)SCC(=O)OCC(CC)(COC(=O)CSC(=O)CCCCCCCCCCCCCCC)COC(=O)CSC(=O)CCCCCCCCCCCCCCC. The zero-order valence-corrected chi connectivity index (χ0v) is 49.5. The van der Waals surface area contributed by atoms with Crippen LogP contribution in [0.5, 0.6) is 0 Å². The van der Waals surface area contributed by atoms with E-state index in [-0.39, 0.29) is 52.4 Å². The summed E-state index contributed by atoms with van der Waals surface area (Å²) in [6, 6.07) is 0. The first-order valence-electron chi connectivity index (χ1n) is 30.0. The van der Waals surface area contributed by atoms with Crippen molar-refractivity contribution in [1.82, 2.24) is 0 Å². The third kappa shape index (κ3) is 49.4. The number of rotatable bonds is 55. The van der Waals surface area contributed by atoms with Gasteiger partial charge in [-0.2, -0.15) is 0 Å². The molecule has 0 fully saturated rings. The summed E-state index contributed by atoms with van der Waals surface area (Å²) in [6.07, 6.45) is 49.6. The Bertz CT molecular complexity index is 1160. The topological polar surface area (TPSA) is 130 Å². The van der Waals surface area contributed by atoms with E-state index >= 15 is 0 Å². The summed E-state index contributed by atoms with van der Waals surface area (Å²) in [4.78, 5) is 76.5. The van der Waals surface area contributed by atoms with Gasteiger partial charge in [0.1, 0.15) is 19.8 Å². The van der Waals surface area contributed by atoms with Crippen LogP contribution in [0.3, 0.4) is 0 Å². The Hall–Kier alpha value is -1.53. The van der Waals surface area contributed by atoms with Crippen molar-refractivity contribution in [3.63, 3.8) is 0 Å². The zero-order valence-electron chi connectivity index (χ0n) is 47.0. The largest absolute Gasteiger partial charge is 0.464 e. The first-order chi connectivity index (χ1) is 35.1. The van der Waals surface area contributed by atoms with E-state index in [4.69, 9.17) is 14.2 Å². The van der Waals surface area contributed by atoms with Crippen LogP contribution in [0.15, 0.2) is 0 Å². The fraction of sp³-hybridized carbons (Fsp3) is 0.900. The van der Waals surface area contributed by atoms with Gasteiger partial charge in [0.25, 0.3) is 0 Å². The molecule has 0 saturated heterocycles. The molecular formula is C60H110O9S3. The molecule has 0 radical (unpaired) electrons. The van der Waals surface area contributed by atoms with E-state index in [2.05, 4.69) is 20.8 Å². The van der Waals surface area contributed by atoms with Crippen molar-refractivity contribution in [3.8, 4) is 0 Å². The van der Waals surface area contributed by atoms with Crippen LogP contribution in [-0.2, 0) is 43.0 Å². The molecule has 72 heavy (non-hydrogen) atoms. The van der Waals surface area contributed by atoms with Gasteiger partial charge in [-0.25, -0.2) is 0 Å². The van der Waals surface area contributed by atoms with Gasteiger partial charge in [-0.3, -0.25) is 28.8 Å². The maximum atomic E-state index is 12.9. The van der Waals surface area contributed by atoms with E-state index in [1.54, 1.807) is 0 Å². The molecule has 9 nitrogen and oxygen atoms in total. The Morgan fingerprint density at radius 1 is 0.278 bits per heavy atom. The standard InChI is InChI=1S/C60H110O9S3/c1-5-9-12-15-18-21-24-27-30-33-36-39-42-45-57(64)70-48-54(61)67-51-60(8-4,52-68-55(62)49-71-58(65)46-43-40-37-34-31-28-25-22-19-16-13-10-6-2)53-69-56(63)50-72-59(66)47-44-41-38-35-32-29-26-23-20-17-14-11-7-3/h5-53H2,1-4H3. The van der Waals surface area contributed by atoms with Crippen molar-refractivity contribution in [2.45, 2.75) is 304 Å². The number of thioether (sulfide) groups is 3. The van der Waals surface area contributed by atoms with Gasteiger partial charge in [0.15, 0.2) is 15.3 Å². The van der Waals surface area contributed by atoms with Crippen LogP contribution in [0.2, 0.25) is 0 Å². The monoisotopic (exact) mass is 1070 g/mol. The van der Waals surface area contributed by atoms with Crippen molar-refractivity contribution in [1.29, 1.82) is 0 Å². The average molecular weight is 1070 g/mol. The average Bonchev–Trinajstić information content (AvgIpc) is 3.38. The molecule has 0 N–H and O–H groups in total. The maximum Gasteiger partial charge on any atom is 0.316 e. The van der Waals surface area contributed by atoms with E-state index in [1.165, 1.54) is 193 Å². The summed E-state index contributed by atoms with van der Waals surface area (Å²) >= 11 is 2.87. The minimum absolute atomic E-state index is 0.0399. The van der Waals surface area contributed by atoms with Gasteiger partial charge in [-0.1, -0.05) is 294 Å². The number of ether oxygens (including phenoxy) is 3. The number of hydrogen-bond acceptors (Lipinski definition) is 12. The Balaban J connectivity index is 4.79. The first-order valence-corrected chi connectivity index (χ1v) is 33.0. The molecule has 0 saturated carbocycles. The molecule has 12 heteroatoms. The van der Waals surface area contributed by atoms with Gasteiger partial charge in [-0.15, -0.1) is 0 Å². The van der Waals surface area contributed by atoms with E-state index in [1.807, 2.05) is 6.92 Å². The van der Waals surface area contributed by atoms with Crippen LogP contribution in [-0.4, -0.2) is 70.3 Å². The molecular weight excluding hydrogens is 961 g/mol. The molecule has 0 unspecified atom stereocenters. The molecule has 0 amide bonds. The second kappa shape index (κ2) is 54.3. The lowest BCUT2D eigenvalue weighted by Crippen LogP contribution is -2.39. The molecule has 422 valence electrons. The number of unbranched alkanes of at least 4 members (excludes halogenated alkanes) is 36. The Morgan fingerprint density at radius 2 is 0.458 bits per heavy atom. The van der Waals surface area contributed by atoms with Gasteiger partial charge < -0.3 is 14.2 Å². The van der Waals surface area contributed by atoms with Gasteiger partial charge in [-0.05, 0) is 25.7 Å². The summed E-state index contributed by atoms with van der Waals surface area (Å²) in [5, 5.41) is -0.120. The summed E-state index contributed by atoms with van der Waals surface area (Å²) in [6.45, 7) is 8.03. The predicted octanol–water partition coefficient (Wildman–Crippen LogP) is 18.2. The van der Waals surface area contributed by atoms with Crippen molar-refractivity contribution < 1.29 is 43.0 Å². The molecule has 0 rings (SSSR count). The number of carbonyl (C=O) groups is 6. The van der Waals surface area contributed by atoms with Crippen LogP contribution >= 0.6 is 35.3 Å². The Morgan fingerprint density at radius 3 is 0.639 bits per heavy atom. The van der Waals surface area contributed by atoms with E-state index < -0.39 is 23.3 Å². The lowest BCUT2D eigenvalue weighted by molar-refractivity contribution is -0.159. The molecule has 0 spiro atoms. The summed E-state index contributed by atoms with van der Waals surface area (Å²) in [5.41, 5.74) is -1.04. The molecule has 0 aromatic carbocycles. The third-order valence-electron chi connectivity index (χ3n) is 13.9. The Labute approximate surface area is 455 Å². The van der Waals surface area contributed by atoms with Crippen LogP contribution in [0.25, 0.3) is 0 Å². The molecule has 0 aromatic heterocycles. The normalized spacial score (nSPS) is 11.5. The molecule has 0 atom stereocenters. The molecule has 0 heterocycles. The van der Waals surface area contributed by atoms with Crippen LogP contribution in [0.4, 0.5) is 0 Å². The summed E-state index contributed by atoms with van der Waals surface area (Å²) < 4.78 is 16.9. The molecule has 0 aliphatic carbocycles. The smallest absolute Gasteiger partial charge is 0.316 e. The quantitative estimate of drug-likeness (QED) is 0.0326. The van der Waals surface area contributed by atoms with Crippen molar-refractivity contribution in [3.05, 3.63) is 0 Å². The lowest BCUT2D eigenvalue weighted by Gasteiger charge is -2.31. The number of hydrogen-bond donors (Lipinski definition) is 0. The first kappa shape index (κ1) is 70.5. The lowest BCUT2D eigenvalue weighted by atomic mass is 9.88. The summed E-state index contributed by atoms with van der Waals surface area (Å²) in [5.74, 6) is -2.11. The second-order valence-electron chi connectivity index (χ2n) is 20.8. The van der Waals surface area contributed by atoms with E-state index in [0.29, 0.717) is 25.7 Å². The zero-order chi connectivity index (χ0) is 52.9. The van der Waals surface area contributed by atoms with Crippen LogP contribution in [0.1, 0.15) is 304 Å². The second-order valence-corrected chi connectivity index (χ2v) is 23.9. The van der Waals surface area contributed by atoms with Crippen LogP contribution < -0.4 is 0 Å². The van der Waals surface area contributed by atoms with Crippen molar-refractivity contribution >= 4 is 68.5 Å². The van der Waals surface area contributed by atoms with E-state index in [0.717, 1.165) is 93.1 Å². The van der Waals surface area contributed by atoms with Crippen LogP contribution in [0, 0.1) is 5.41 Å². The fourth-order valence-corrected chi connectivity index (χ4v) is 10.7.